The molecule has 2 saturated heterocycles. The molecule has 2 aliphatic heterocycles. The van der Waals surface area contributed by atoms with E-state index >= 15 is 0 Å². The molecule has 0 radical (unpaired) electrons. The highest BCUT2D eigenvalue weighted by Crippen LogP contribution is 2.42. The smallest absolute Gasteiger partial charge is 0.226 e. The van der Waals surface area contributed by atoms with Crippen LogP contribution in [0.3, 0.4) is 0 Å². The van der Waals surface area contributed by atoms with Gasteiger partial charge in [0.15, 0.2) is 0 Å². The van der Waals surface area contributed by atoms with Gasteiger partial charge in [-0.1, -0.05) is 30.3 Å². The Morgan fingerprint density at radius 1 is 0.968 bits per heavy atom. The molecular formula is C27H28N2O2. The first kappa shape index (κ1) is 18.9. The normalized spacial score (nSPS) is 25.1. The fraction of sp³-hybridized carbons (Fsp3) is 0.407. The summed E-state index contributed by atoms with van der Waals surface area (Å²) in [7, 11) is 0. The van der Waals surface area contributed by atoms with Gasteiger partial charge in [-0.3, -0.25) is 9.78 Å². The van der Waals surface area contributed by atoms with Crippen LogP contribution in [0.5, 0.6) is 5.75 Å². The van der Waals surface area contributed by atoms with E-state index in [0.29, 0.717) is 23.9 Å². The van der Waals surface area contributed by atoms with Crippen LogP contribution in [-0.2, 0) is 4.79 Å². The van der Waals surface area contributed by atoms with Crippen LogP contribution >= 0.6 is 0 Å². The molecule has 4 nitrogen and oxygen atoms in total. The summed E-state index contributed by atoms with van der Waals surface area (Å²) in [6, 6.07) is 17.6. The Bertz CT molecular complexity index is 1120. The standard InChI is InChI=1S/C27H28N2O2/c1-17-25(13-8-19-3-2-14-28-26(17)19)18-6-11-23(12-7-18)31-24-15-21-9-10-22(16-24)29(21)27(30)20-4-5-20/h2-3,6-8,11-14,20-22,24H,4-5,9-10,15-16H2,1H3. The molecule has 1 amide bonds. The number of fused-ring (bicyclic) bond motifs is 3. The molecule has 2 unspecified atom stereocenters. The number of carbonyl (C=O) groups is 1. The summed E-state index contributed by atoms with van der Waals surface area (Å²) >= 11 is 0. The molecule has 0 spiro atoms. The zero-order valence-electron chi connectivity index (χ0n) is 18.0. The first-order valence-corrected chi connectivity index (χ1v) is 11.6. The van der Waals surface area contributed by atoms with Crippen LogP contribution in [-0.4, -0.2) is 34.0 Å². The van der Waals surface area contributed by atoms with E-state index in [4.69, 9.17) is 4.74 Å². The van der Waals surface area contributed by atoms with Gasteiger partial charge in [0.1, 0.15) is 11.9 Å². The van der Waals surface area contributed by atoms with Gasteiger partial charge in [0, 0.05) is 42.4 Å². The number of benzene rings is 2. The number of hydrogen-bond donors (Lipinski definition) is 0. The monoisotopic (exact) mass is 412 g/mol. The van der Waals surface area contributed by atoms with E-state index in [1.165, 1.54) is 22.1 Å². The lowest BCUT2D eigenvalue weighted by Gasteiger charge is -2.39. The molecule has 4 heteroatoms. The predicted molar refractivity (Wildman–Crippen MR) is 122 cm³/mol. The summed E-state index contributed by atoms with van der Waals surface area (Å²) in [5.74, 6) is 1.66. The van der Waals surface area contributed by atoms with E-state index in [2.05, 4.69) is 59.3 Å². The van der Waals surface area contributed by atoms with E-state index in [0.717, 1.165) is 49.8 Å². The lowest BCUT2D eigenvalue weighted by Crippen LogP contribution is -2.49. The number of aromatic nitrogens is 1. The molecule has 158 valence electrons. The van der Waals surface area contributed by atoms with Crippen LogP contribution in [0.4, 0.5) is 0 Å². The van der Waals surface area contributed by atoms with Crippen molar-refractivity contribution in [3.05, 3.63) is 60.3 Å². The maximum atomic E-state index is 12.6. The average Bonchev–Trinajstić information content (AvgIpc) is 3.60. The number of piperidine rings is 1. The molecule has 2 atom stereocenters. The summed E-state index contributed by atoms with van der Waals surface area (Å²) in [6.45, 7) is 2.14. The molecule has 0 N–H and O–H groups in total. The SMILES string of the molecule is Cc1c(-c2ccc(OC3CC4CCC(C3)N4C(=O)C3CC3)cc2)ccc2cccnc12. The topological polar surface area (TPSA) is 42.4 Å². The molecule has 3 aliphatic rings. The second kappa shape index (κ2) is 7.37. The summed E-state index contributed by atoms with van der Waals surface area (Å²) in [6.07, 6.45) is 8.44. The van der Waals surface area contributed by atoms with Gasteiger partial charge in [-0.25, -0.2) is 0 Å². The molecule has 1 aliphatic carbocycles. The molecule has 31 heavy (non-hydrogen) atoms. The van der Waals surface area contributed by atoms with Crippen molar-refractivity contribution in [1.82, 2.24) is 9.88 Å². The summed E-state index contributed by atoms with van der Waals surface area (Å²) in [4.78, 5) is 19.4. The average molecular weight is 413 g/mol. The molecular weight excluding hydrogens is 384 g/mol. The van der Waals surface area contributed by atoms with Crippen molar-refractivity contribution >= 4 is 16.8 Å². The molecule has 3 aromatic rings. The Morgan fingerprint density at radius 2 is 1.71 bits per heavy atom. The Hall–Kier alpha value is -2.88. The summed E-state index contributed by atoms with van der Waals surface area (Å²) < 4.78 is 6.38. The second-order valence-electron chi connectivity index (χ2n) is 9.45. The molecule has 2 bridgehead atoms. The van der Waals surface area contributed by atoms with Gasteiger partial charge in [0.05, 0.1) is 5.52 Å². The number of aryl methyl sites for hydroxylation is 1. The third-order valence-electron chi connectivity index (χ3n) is 7.37. The van der Waals surface area contributed by atoms with Crippen molar-refractivity contribution in [2.45, 2.75) is 63.6 Å². The first-order valence-electron chi connectivity index (χ1n) is 11.6. The minimum absolute atomic E-state index is 0.207. The van der Waals surface area contributed by atoms with Crippen LogP contribution in [0.25, 0.3) is 22.0 Å². The minimum Gasteiger partial charge on any atom is -0.490 e. The van der Waals surface area contributed by atoms with Crippen molar-refractivity contribution in [2.75, 3.05) is 0 Å². The number of amides is 1. The Morgan fingerprint density at radius 3 is 2.42 bits per heavy atom. The van der Waals surface area contributed by atoms with Crippen molar-refractivity contribution < 1.29 is 9.53 Å². The van der Waals surface area contributed by atoms with Crippen LogP contribution in [0, 0.1) is 12.8 Å². The maximum absolute atomic E-state index is 12.6. The maximum Gasteiger partial charge on any atom is 0.226 e. The van der Waals surface area contributed by atoms with E-state index in [9.17, 15) is 4.79 Å². The fourth-order valence-corrected chi connectivity index (χ4v) is 5.63. The highest BCUT2D eigenvalue weighted by molar-refractivity contribution is 5.88. The van der Waals surface area contributed by atoms with E-state index in [1.807, 2.05) is 12.3 Å². The van der Waals surface area contributed by atoms with Crippen molar-refractivity contribution in [1.29, 1.82) is 0 Å². The van der Waals surface area contributed by atoms with Crippen LogP contribution in [0.2, 0.25) is 0 Å². The third kappa shape index (κ3) is 3.38. The van der Waals surface area contributed by atoms with Crippen LogP contribution in [0.1, 0.15) is 44.1 Å². The van der Waals surface area contributed by atoms with Gasteiger partial charge in [-0.15, -0.1) is 0 Å². The highest BCUT2D eigenvalue weighted by Gasteiger charge is 2.47. The van der Waals surface area contributed by atoms with Gasteiger partial charge in [0.25, 0.3) is 0 Å². The van der Waals surface area contributed by atoms with Crippen molar-refractivity contribution in [3.8, 4) is 16.9 Å². The number of rotatable bonds is 4. The van der Waals surface area contributed by atoms with Crippen LogP contribution in [0.15, 0.2) is 54.7 Å². The fourth-order valence-electron chi connectivity index (χ4n) is 5.63. The lowest BCUT2D eigenvalue weighted by molar-refractivity contribution is -0.138. The minimum atomic E-state index is 0.207. The van der Waals surface area contributed by atoms with Gasteiger partial charge in [-0.2, -0.15) is 0 Å². The lowest BCUT2D eigenvalue weighted by atomic mass is 9.97. The van der Waals surface area contributed by atoms with Gasteiger partial charge in [-0.05, 0) is 67.5 Å². The number of carbonyl (C=O) groups excluding carboxylic acids is 1. The van der Waals surface area contributed by atoms with E-state index < -0.39 is 0 Å². The summed E-state index contributed by atoms with van der Waals surface area (Å²) in [5, 5.41) is 1.17. The highest BCUT2D eigenvalue weighted by atomic mass is 16.5. The number of nitrogens with zero attached hydrogens (tertiary/aromatic N) is 2. The van der Waals surface area contributed by atoms with Gasteiger partial charge >= 0.3 is 0 Å². The van der Waals surface area contributed by atoms with E-state index in [-0.39, 0.29) is 6.10 Å². The van der Waals surface area contributed by atoms with Gasteiger partial charge in [0.2, 0.25) is 5.91 Å². The number of hydrogen-bond acceptors (Lipinski definition) is 3. The molecule has 6 rings (SSSR count). The third-order valence-corrected chi connectivity index (χ3v) is 7.37. The second-order valence-corrected chi connectivity index (χ2v) is 9.45. The van der Waals surface area contributed by atoms with Crippen LogP contribution < -0.4 is 4.74 Å². The Balaban J connectivity index is 1.17. The molecule has 1 aromatic heterocycles. The summed E-state index contributed by atoms with van der Waals surface area (Å²) in [5.41, 5.74) is 4.66. The number of ether oxygens (including phenoxy) is 1. The largest absolute Gasteiger partial charge is 0.490 e. The molecule has 2 aromatic carbocycles. The Kier molecular flexibility index (Phi) is 4.48. The Labute approximate surface area is 183 Å². The molecule has 1 saturated carbocycles. The van der Waals surface area contributed by atoms with Crippen molar-refractivity contribution in [2.24, 2.45) is 5.92 Å². The zero-order chi connectivity index (χ0) is 20.9. The molecule has 3 heterocycles. The van der Waals surface area contributed by atoms with E-state index in [1.54, 1.807) is 0 Å². The predicted octanol–water partition coefficient (Wildman–Crippen LogP) is 5.52. The quantitative estimate of drug-likeness (QED) is 0.567. The van der Waals surface area contributed by atoms with Crippen molar-refractivity contribution in [3.63, 3.8) is 0 Å². The zero-order valence-corrected chi connectivity index (χ0v) is 18.0. The first-order chi connectivity index (χ1) is 15.2. The van der Waals surface area contributed by atoms with Gasteiger partial charge < -0.3 is 9.64 Å². The molecule has 3 fully saturated rings. The number of pyridine rings is 1.